The molecule has 176 valence electrons. The highest BCUT2D eigenvalue weighted by molar-refractivity contribution is 5.96. The summed E-state index contributed by atoms with van der Waals surface area (Å²) in [5, 5.41) is 3.22. The highest BCUT2D eigenvalue weighted by Crippen LogP contribution is 2.29. The number of hydrogen-bond acceptors (Lipinski definition) is 4. The zero-order valence-electron chi connectivity index (χ0n) is 19.4. The van der Waals surface area contributed by atoms with Crippen LogP contribution in [0.3, 0.4) is 0 Å². The normalized spacial score (nSPS) is 17.3. The first-order valence-corrected chi connectivity index (χ1v) is 12.1. The Bertz CT molecular complexity index is 943. The van der Waals surface area contributed by atoms with E-state index in [-0.39, 0.29) is 23.6 Å². The second-order valence-electron chi connectivity index (χ2n) is 9.00. The molecule has 0 radical (unpaired) electrons. The van der Waals surface area contributed by atoms with E-state index < -0.39 is 6.04 Å². The van der Waals surface area contributed by atoms with Crippen LogP contribution in [0, 0.1) is 0 Å². The lowest BCUT2D eigenvalue weighted by atomic mass is 9.96. The average Bonchev–Trinajstić information content (AvgIpc) is 3.57. The summed E-state index contributed by atoms with van der Waals surface area (Å²) in [5.41, 5.74) is 2.13. The topological polar surface area (TPSA) is 71.8 Å². The zero-order valence-corrected chi connectivity index (χ0v) is 19.4. The number of nitrogens with zero attached hydrogens (tertiary/aromatic N) is 1. The fourth-order valence-corrected chi connectivity index (χ4v) is 4.89. The van der Waals surface area contributed by atoms with Gasteiger partial charge in [0.25, 0.3) is 5.91 Å². The number of allylic oxidation sites excluding steroid dienone is 1. The van der Waals surface area contributed by atoms with Gasteiger partial charge < -0.3 is 19.4 Å². The molecule has 6 nitrogen and oxygen atoms in total. The highest BCUT2D eigenvalue weighted by Gasteiger charge is 2.34. The third-order valence-electron chi connectivity index (χ3n) is 6.74. The molecule has 4 rings (SSSR count). The molecular formula is C27H34N2O4. The third-order valence-corrected chi connectivity index (χ3v) is 6.74. The van der Waals surface area contributed by atoms with Crippen LogP contribution in [-0.4, -0.2) is 36.4 Å². The first kappa shape index (κ1) is 23.1. The maximum Gasteiger partial charge on any atom is 0.290 e. The maximum atomic E-state index is 13.6. The van der Waals surface area contributed by atoms with Gasteiger partial charge in [-0.15, -0.1) is 0 Å². The molecule has 2 amide bonds. The number of methoxy groups -OCH3 is 1. The van der Waals surface area contributed by atoms with E-state index in [0.29, 0.717) is 12.3 Å². The van der Waals surface area contributed by atoms with Gasteiger partial charge in [-0.25, -0.2) is 0 Å². The van der Waals surface area contributed by atoms with Crippen LogP contribution in [0.1, 0.15) is 79.9 Å². The summed E-state index contributed by atoms with van der Waals surface area (Å²) in [6.07, 6.45) is 13.3. The van der Waals surface area contributed by atoms with Crippen molar-refractivity contribution in [2.75, 3.05) is 13.7 Å². The van der Waals surface area contributed by atoms with Crippen molar-refractivity contribution in [3.05, 3.63) is 65.6 Å². The van der Waals surface area contributed by atoms with Crippen molar-refractivity contribution < 1.29 is 18.7 Å². The number of nitrogens with one attached hydrogen (secondary N) is 1. The summed E-state index contributed by atoms with van der Waals surface area (Å²) >= 11 is 0. The van der Waals surface area contributed by atoms with E-state index in [2.05, 4.69) is 11.4 Å². The quantitative estimate of drug-likeness (QED) is 0.518. The van der Waals surface area contributed by atoms with Crippen LogP contribution in [0.5, 0.6) is 5.75 Å². The van der Waals surface area contributed by atoms with Gasteiger partial charge in [0.05, 0.1) is 13.4 Å². The molecule has 2 aliphatic carbocycles. The van der Waals surface area contributed by atoms with Crippen LogP contribution >= 0.6 is 0 Å². The van der Waals surface area contributed by atoms with Crippen LogP contribution in [0.2, 0.25) is 0 Å². The minimum absolute atomic E-state index is 0.135. The Morgan fingerprint density at radius 3 is 2.55 bits per heavy atom. The monoisotopic (exact) mass is 450 g/mol. The second kappa shape index (κ2) is 11.2. The van der Waals surface area contributed by atoms with Crippen LogP contribution in [0.4, 0.5) is 0 Å². The van der Waals surface area contributed by atoms with Gasteiger partial charge in [-0.2, -0.15) is 0 Å². The van der Waals surface area contributed by atoms with Crippen molar-refractivity contribution in [3.8, 4) is 5.75 Å². The summed E-state index contributed by atoms with van der Waals surface area (Å²) < 4.78 is 10.8. The van der Waals surface area contributed by atoms with E-state index in [1.165, 1.54) is 24.7 Å². The van der Waals surface area contributed by atoms with Gasteiger partial charge in [-0.3, -0.25) is 9.59 Å². The molecule has 0 saturated heterocycles. The Morgan fingerprint density at radius 1 is 1.12 bits per heavy atom. The zero-order chi connectivity index (χ0) is 23.0. The van der Waals surface area contributed by atoms with Gasteiger partial charge in [-0.1, -0.05) is 36.6 Å². The first-order valence-electron chi connectivity index (χ1n) is 12.1. The molecule has 1 heterocycles. The Balaban J connectivity index is 1.65. The summed E-state index contributed by atoms with van der Waals surface area (Å²) in [6, 6.07) is 10.2. The molecule has 1 saturated carbocycles. The van der Waals surface area contributed by atoms with Crippen molar-refractivity contribution in [2.24, 2.45) is 0 Å². The van der Waals surface area contributed by atoms with E-state index >= 15 is 0 Å². The third kappa shape index (κ3) is 5.86. The fourth-order valence-electron chi connectivity index (χ4n) is 4.89. The molecule has 0 aliphatic heterocycles. The summed E-state index contributed by atoms with van der Waals surface area (Å²) in [5.74, 6) is 0.563. The smallest absolute Gasteiger partial charge is 0.290 e. The molecule has 1 aromatic heterocycles. The number of benzene rings is 1. The Hall–Kier alpha value is -3.02. The van der Waals surface area contributed by atoms with Crippen molar-refractivity contribution in [2.45, 2.75) is 69.9 Å². The van der Waals surface area contributed by atoms with Gasteiger partial charge >= 0.3 is 0 Å². The minimum atomic E-state index is -0.738. The molecule has 6 heteroatoms. The van der Waals surface area contributed by atoms with E-state index in [1.54, 1.807) is 24.1 Å². The summed E-state index contributed by atoms with van der Waals surface area (Å²) in [6.45, 7) is 0.458. The van der Waals surface area contributed by atoms with Crippen LogP contribution < -0.4 is 10.1 Å². The summed E-state index contributed by atoms with van der Waals surface area (Å²) in [4.78, 5) is 28.9. The van der Waals surface area contributed by atoms with Crippen molar-refractivity contribution in [3.63, 3.8) is 0 Å². The minimum Gasteiger partial charge on any atom is -0.497 e. The van der Waals surface area contributed by atoms with Crippen molar-refractivity contribution in [1.82, 2.24) is 10.2 Å². The molecule has 1 N–H and O–H groups in total. The second-order valence-corrected chi connectivity index (χ2v) is 9.00. The Kier molecular flexibility index (Phi) is 7.87. The predicted octanol–water partition coefficient (Wildman–Crippen LogP) is 5.42. The number of amides is 2. The lowest BCUT2D eigenvalue weighted by molar-refractivity contribution is -0.126. The van der Waals surface area contributed by atoms with Gasteiger partial charge in [0, 0.05) is 12.6 Å². The average molecular weight is 451 g/mol. The van der Waals surface area contributed by atoms with Crippen LogP contribution in [0.25, 0.3) is 0 Å². The highest BCUT2D eigenvalue weighted by atomic mass is 16.5. The molecule has 33 heavy (non-hydrogen) atoms. The number of carbonyl (C=O) groups excluding carboxylic acids is 2. The van der Waals surface area contributed by atoms with Gasteiger partial charge in [-0.05, 0) is 74.8 Å². The first-order chi connectivity index (χ1) is 16.2. The van der Waals surface area contributed by atoms with Crippen molar-refractivity contribution in [1.29, 1.82) is 0 Å². The molecule has 0 unspecified atom stereocenters. The molecule has 0 bridgehead atoms. The number of ether oxygens (including phenoxy) is 1. The van der Waals surface area contributed by atoms with E-state index in [4.69, 9.17) is 9.15 Å². The Labute approximate surface area is 196 Å². The fraction of sp³-hybridized carbons (Fsp3) is 0.481. The van der Waals surface area contributed by atoms with Crippen LogP contribution in [0.15, 0.2) is 58.7 Å². The largest absolute Gasteiger partial charge is 0.497 e. The van der Waals surface area contributed by atoms with Crippen molar-refractivity contribution >= 4 is 11.8 Å². The molecule has 2 aliphatic rings. The molecule has 0 spiro atoms. The van der Waals surface area contributed by atoms with E-state index in [0.717, 1.165) is 50.5 Å². The number of hydrogen-bond donors (Lipinski definition) is 1. The van der Waals surface area contributed by atoms with Gasteiger partial charge in [0.2, 0.25) is 5.91 Å². The molecule has 2 aromatic rings. The molecule has 1 fully saturated rings. The number of furan rings is 1. The van der Waals surface area contributed by atoms with Gasteiger partial charge in [0.15, 0.2) is 5.76 Å². The van der Waals surface area contributed by atoms with Gasteiger partial charge in [0.1, 0.15) is 11.8 Å². The molecule has 1 aromatic carbocycles. The molecular weight excluding hydrogens is 416 g/mol. The molecule has 1 atom stereocenters. The number of carbonyl (C=O) groups is 2. The lowest BCUT2D eigenvalue weighted by Crippen LogP contribution is -2.46. The Morgan fingerprint density at radius 2 is 1.91 bits per heavy atom. The maximum absolute atomic E-state index is 13.6. The van der Waals surface area contributed by atoms with E-state index in [1.807, 2.05) is 24.3 Å². The predicted molar refractivity (Wildman–Crippen MR) is 127 cm³/mol. The standard InChI is InChI=1S/C27H34N2O4/c1-32-23-15-13-21(14-16-23)25(26(30)28-22-10-5-6-11-22)29(27(31)24-12-7-19-33-24)18-17-20-8-3-2-4-9-20/h7-8,12-16,19,22,25H,2-6,9-11,17-18H2,1H3,(H,28,30)/t25-/m0/s1. The summed E-state index contributed by atoms with van der Waals surface area (Å²) in [7, 11) is 1.62. The SMILES string of the molecule is COc1ccc([C@@H](C(=O)NC2CCCC2)N(CCC2=CCCCC2)C(=O)c2ccco2)cc1. The van der Waals surface area contributed by atoms with E-state index in [9.17, 15) is 9.59 Å². The van der Waals surface area contributed by atoms with Crippen LogP contribution in [-0.2, 0) is 4.79 Å². The number of rotatable bonds is 9. The lowest BCUT2D eigenvalue weighted by Gasteiger charge is -2.32.